The Labute approximate surface area is 122 Å². The molecule has 1 N–H and O–H groups in total. The number of halogens is 1. The third-order valence-corrected chi connectivity index (χ3v) is 4.50. The summed E-state index contributed by atoms with van der Waals surface area (Å²) in [4.78, 5) is 0. The van der Waals surface area contributed by atoms with E-state index in [4.69, 9.17) is 9.47 Å². The van der Waals surface area contributed by atoms with Crippen molar-refractivity contribution in [1.29, 1.82) is 0 Å². The van der Waals surface area contributed by atoms with E-state index in [0.717, 1.165) is 28.6 Å². The van der Waals surface area contributed by atoms with E-state index < -0.39 is 6.10 Å². The summed E-state index contributed by atoms with van der Waals surface area (Å²) < 4.78 is 13.0. The zero-order chi connectivity index (χ0) is 13.6. The maximum atomic E-state index is 10.4. The topological polar surface area (TPSA) is 38.7 Å². The van der Waals surface area contributed by atoms with Crippen LogP contribution in [0, 0.1) is 0 Å². The number of hydrogen-bond acceptors (Lipinski definition) is 3. The van der Waals surface area contributed by atoms with Gasteiger partial charge in [-0.3, -0.25) is 0 Å². The van der Waals surface area contributed by atoms with Crippen molar-refractivity contribution in [3.63, 3.8) is 0 Å². The first kappa shape index (κ1) is 13.4. The summed E-state index contributed by atoms with van der Waals surface area (Å²) >= 11 is 3.46. The summed E-state index contributed by atoms with van der Waals surface area (Å²) in [5.74, 6) is 0.800. The molecule has 2 aliphatic heterocycles. The molecule has 0 amide bonds. The lowest BCUT2D eigenvalue weighted by molar-refractivity contribution is -0.140. The van der Waals surface area contributed by atoms with E-state index in [-0.39, 0.29) is 17.8 Å². The van der Waals surface area contributed by atoms with E-state index >= 15 is 0 Å². The molecule has 0 radical (unpaired) electrons. The van der Waals surface area contributed by atoms with Crippen LogP contribution >= 0.6 is 15.9 Å². The van der Waals surface area contributed by atoms with Crippen LogP contribution in [-0.2, 0) is 4.74 Å². The van der Waals surface area contributed by atoms with Gasteiger partial charge in [-0.1, -0.05) is 22.0 Å². The van der Waals surface area contributed by atoms with Crippen LogP contribution in [0.4, 0.5) is 0 Å². The Balaban J connectivity index is 1.95. The first-order chi connectivity index (χ1) is 8.97. The lowest BCUT2D eigenvalue weighted by atomic mass is 9.79. The number of ether oxygens (including phenoxy) is 2. The number of fused-ring (bicyclic) bond motifs is 1. The van der Waals surface area contributed by atoms with Crippen LogP contribution in [-0.4, -0.2) is 22.9 Å². The van der Waals surface area contributed by atoms with Crippen molar-refractivity contribution in [1.82, 2.24) is 0 Å². The highest BCUT2D eigenvalue weighted by Gasteiger charge is 2.45. The van der Waals surface area contributed by atoms with E-state index in [0.29, 0.717) is 6.42 Å². The van der Waals surface area contributed by atoms with Crippen LogP contribution < -0.4 is 4.74 Å². The quantitative estimate of drug-likeness (QED) is 0.791. The molecule has 0 bridgehead atoms. The summed E-state index contributed by atoms with van der Waals surface area (Å²) in [6.45, 7) is 4.15. The van der Waals surface area contributed by atoms with Gasteiger partial charge in [-0.05, 0) is 26.0 Å². The molecule has 1 aromatic carbocycles. The van der Waals surface area contributed by atoms with Gasteiger partial charge in [0.05, 0.1) is 18.3 Å². The highest BCUT2D eigenvalue weighted by Crippen LogP contribution is 2.46. The Morgan fingerprint density at radius 1 is 1.21 bits per heavy atom. The van der Waals surface area contributed by atoms with Gasteiger partial charge in [-0.2, -0.15) is 0 Å². The lowest BCUT2D eigenvalue weighted by Gasteiger charge is -2.46. The SMILES string of the molecule is CC1CC2(CC(C)O1)C[C@H](O)c1ccc(Br)cc1O2. The molecule has 2 heterocycles. The van der Waals surface area contributed by atoms with Gasteiger partial charge in [-0.15, -0.1) is 0 Å². The molecule has 0 aromatic heterocycles. The van der Waals surface area contributed by atoms with Crippen LogP contribution in [0.5, 0.6) is 5.75 Å². The molecule has 0 saturated carbocycles. The van der Waals surface area contributed by atoms with E-state index in [1.54, 1.807) is 0 Å². The Morgan fingerprint density at radius 3 is 2.58 bits per heavy atom. The van der Waals surface area contributed by atoms with Crippen molar-refractivity contribution in [3.05, 3.63) is 28.2 Å². The number of aliphatic hydroxyl groups excluding tert-OH is 1. The fraction of sp³-hybridized carbons (Fsp3) is 0.600. The van der Waals surface area contributed by atoms with Crippen LogP contribution in [0.25, 0.3) is 0 Å². The molecule has 1 aromatic rings. The monoisotopic (exact) mass is 326 g/mol. The standard InChI is InChI=1S/C15H19BrO3/c1-9-6-15(7-10(2)18-9)8-13(17)12-4-3-11(16)5-14(12)19-15/h3-5,9-10,13,17H,6-8H2,1-2H3/t9?,10?,13-,15?/m0/s1. The average Bonchev–Trinajstić information content (AvgIpc) is 2.25. The number of aliphatic hydroxyl groups is 1. The summed E-state index contributed by atoms with van der Waals surface area (Å²) in [5.41, 5.74) is 0.602. The van der Waals surface area contributed by atoms with E-state index in [9.17, 15) is 5.11 Å². The second kappa shape index (κ2) is 4.76. The number of hydrogen-bond donors (Lipinski definition) is 1. The predicted molar refractivity (Wildman–Crippen MR) is 76.3 cm³/mol. The van der Waals surface area contributed by atoms with Crippen LogP contribution in [0.15, 0.2) is 22.7 Å². The third kappa shape index (κ3) is 2.54. The molecule has 0 aliphatic carbocycles. The Bertz CT molecular complexity index is 478. The van der Waals surface area contributed by atoms with Crippen LogP contribution in [0.1, 0.15) is 44.8 Å². The molecule has 1 fully saturated rings. The minimum Gasteiger partial charge on any atom is -0.487 e. The maximum Gasteiger partial charge on any atom is 0.127 e. The van der Waals surface area contributed by atoms with E-state index in [2.05, 4.69) is 29.8 Å². The van der Waals surface area contributed by atoms with Gasteiger partial charge in [0.25, 0.3) is 0 Å². The minimum atomic E-state index is -0.450. The first-order valence-electron chi connectivity index (χ1n) is 6.79. The summed E-state index contributed by atoms with van der Waals surface area (Å²) in [5, 5.41) is 10.4. The van der Waals surface area contributed by atoms with Gasteiger partial charge in [0, 0.05) is 29.3 Å². The fourth-order valence-corrected chi connectivity index (χ4v) is 3.82. The van der Waals surface area contributed by atoms with Crippen molar-refractivity contribution in [2.75, 3.05) is 0 Å². The van der Waals surface area contributed by atoms with Crippen molar-refractivity contribution < 1.29 is 14.6 Å². The summed E-state index contributed by atoms with van der Waals surface area (Å²) in [6.07, 6.45) is 2.21. The molecule has 2 unspecified atom stereocenters. The van der Waals surface area contributed by atoms with E-state index in [1.165, 1.54) is 0 Å². The molecular weight excluding hydrogens is 308 g/mol. The zero-order valence-corrected chi connectivity index (χ0v) is 12.8. The molecule has 3 atom stereocenters. The second-order valence-electron chi connectivity index (χ2n) is 5.85. The molecule has 19 heavy (non-hydrogen) atoms. The molecule has 104 valence electrons. The number of benzene rings is 1. The molecule has 2 aliphatic rings. The lowest BCUT2D eigenvalue weighted by Crippen LogP contribution is -2.50. The van der Waals surface area contributed by atoms with Gasteiger partial charge in [-0.25, -0.2) is 0 Å². The second-order valence-corrected chi connectivity index (χ2v) is 6.77. The van der Waals surface area contributed by atoms with E-state index in [1.807, 2.05) is 18.2 Å². The highest BCUT2D eigenvalue weighted by molar-refractivity contribution is 9.10. The smallest absolute Gasteiger partial charge is 0.127 e. The Kier molecular flexibility index (Phi) is 3.36. The van der Waals surface area contributed by atoms with Crippen molar-refractivity contribution in [2.45, 2.75) is 57.0 Å². The van der Waals surface area contributed by atoms with Crippen molar-refractivity contribution in [3.8, 4) is 5.75 Å². The molecule has 3 nitrogen and oxygen atoms in total. The maximum absolute atomic E-state index is 10.4. The largest absolute Gasteiger partial charge is 0.487 e. The molecule has 1 spiro atoms. The van der Waals surface area contributed by atoms with Gasteiger partial charge in [0.1, 0.15) is 11.4 Å². The summed E-state index contributed by atoms with van der Waals surface area (Å²) in [7, 11) is 0. The normalized spacial score (nSPS) is 37.8. The molecule has 4 heteroatoms. The average molecular weight is 327 g/mol. The Morgan fingerprint density at radius 2 is 1.89 bits per heavy atom. The fourth-order valence-electron chi connectivity index (χ4n) is 3.48. The first-order valence-corrected chi connectivity index (χ1v) is 7.59. The van der Waals surface area contributed by atoms with Gasteiger partial charge < -0.3 is 14.6 Å². The van der Waals surface area contributed by atoms with Gasteiger partial charge >= 0.3 is 0 Å². The highest BCUT2D eigenvalue weighted by atomic mass is 79.9. The van der Waals surface area contributed by atoms with Crippen LogP contribution in [0.2, 0.25) is 0 Å². The molecular formula is C15H19BrO3. The predicted octanol–water partition coefficient (Wildman–Crippen LogP) is 3.59. The Hall–Kier alpha value is -0.580. The van der Waals surface area contributed by atoms with Gasteiger partial charge in [0.2, 0.25) is 0 Å². The van der Waals surface area contributed by atoms with Gasteiger partial charge in [0.15, 0.2) is 0 Å². The van der Waals surface area contributed by atoms with Crippen molar-refractivity contribution in [2.24, 2.45) is 0 Å². The number of rotatable bonds is 0. The summed E-state index contributed by atoms with van der Waals surface area (Å²) in [6, 6.07) is 5.83. The minimum absolute atomic E-state index is 0.171. The molecule has 3 rings (SSSR count). The van der Waals surface area contributed by atoms with Crippen molar-refractivity contribution >= 4 is 15.9 Å². The van der Waals surface area contributed by atoms with Crippen LogP contribution in [0.3, 0.4) is 0 Å². The zero-order valence-electron chi connectivity index (χ0n) is 11.2. The third-order valence-electron chi connectivity index (χ3n) is 4.01. The molecule has 1 saturated heterocycles.